The van der Waals surface area contributed by atoms with Gasteiger partial charge in [0.05, 0.1) is 6.04 Å². The van der Waals surface area contributed by atoms with E-state index in [0.29, 0.717) is 12.1 Å². The van der Waals surface area contributed by atoms with Crippen molar-refractivity contribution in [3.8, 4) is 0 Å². The van der Waals surface area contributed by atoms with Crippen LogP contribution in [0.4, 0.5) is 0 Å². The molecule has 3 nitrogen and oxygen atoms in total. The Labute approximate surface area is 270 Å². The van der Waals surface area contributed by atoms with Gasteiger partial charge in [-0.05, 0) is 131 Å². The molecule has 8 rings (SSSR count). The summed E-state index contributed by atoms with van der Waals surface area (Å²) >= 11 is 0. The summed E-state index contributed by atoms with van der Waals surface area (Å²) in [5.41, 5.74) is 0. The molecule has 1 heterocycles. The van der Waals surface area contributed by atoms with Crippen molar-refractivity contribution in [1.29, 1.82) is 0 Å². The Bertz CT molecular complexity index is 985. The molecule has 7 aliphatic carbocycles. The third kappa shape index (κ3) is 6.49. The number of fused-ring (bicyclic) bond motifs is 4. The van der Waals surface area contributed by atoms with E-state index in [-0.39, 0.29) is 0 Å². The summed E-state index contributed by atoms with van der Waals surface area (Å²) in [6.45, 7) is 0. The lowest BCUT2D eigenvalue weighted by molar-refractivity contribution is -0.0807. The summed E-state index contributed by atoms with van der Waals surface area (Å²) in [5.74, 6) is 7.79. The van der Waals surface area contributed by atoms with Crippen LogP contribution < -0.4 is 0 Å². The van der Waals surface area contributed by atoms with Crippen LogP contribution >= 0.6 is 0 Å². The maximum absolute atomic E-state index is 6.46. The fourth-order valence-electron chi connectivity index (χ4n) is 13.0. The zero-order valence-corrected chi connectivity index (χ0v) is 28.3. The summed E-state index contributed by atoms with van der Waals surface area (Å²) in [4.78, 5) is 8.47. The lowest BCUT2D eigenvalue weighted by Crippen LogP contribution is -2.59. The average molecular weight is 603 g/mol. The quantitative estimate of drug-likeness (QED) is 0.302. The number of hydrogen-bond donors (Lipinski definition) is 0. The number of nitrogens with zero attached hydrogens (tertiary/aromatic N) is 2. The molecular formula is C41H66N2O. The van der Waals surface area contributed by atoms with E-state index in [2.05, 4.69) is 17.1 Å². The molecule has 0 saturated heterocycles. The van der Waals surface area contributed by atoms with Crippen molar-refractivity contribution in [2.24, 2.45) is 46.4 Å². The average Bonchev–Trinajstić information content (AvgIpc) is 3.51. The van der Waals surface area contributed by atoms with E-state index < -0.39 is 0 Å². The molecule has 3 heteroatoms. The zero-order valence-electron chi connectivity index (χ0n) is 28.3. The molecule has 0 aromatic heterocycles. The second-order valence-electron chi connectivity index (χ2n) is 17.5. The third-order valence-corrected chi connectivity index (χ3v) is 15.2. The molecule has 246 valence electrons. The smallest absolute Gasteiger partial charge is 0.208 e. The summed E-state index contributed by atoms with van der Waals surface area (Å²) in [5, 5.41) is 0. The van der Waals surface area contributed by atoms with Gasteiger partial charge in [0.1, 0.15) is 6.10 Å². The van der Waals surface area contributed by atoms with Gasteiger partial charge in [-0.3, -0.25) is 4.90 Å². The molecule has 8 unspecified atom stereocenters. The van der Waals surface area contributed by atoms with E-state index >= 15 is 0 Å². The molecule has 0 N–H and O–H groups in total. The first-order chi connectivity index (χ1) is 21.8. The summed E-state index contributed by atoms with van der Waals surface area (Å²) in [7, 11) is 0. The van der Waals surface area contributed by atoms with Crippen molar-refractivity contribution in [3.05, 3.63) is 12.2 Å². The second kappa shape index (κ2) is 14.1. The monoisotopic (exact) mass is 603 g/mol. The van der Waals surface area contributed by atoms with Crippen molar-refractivity contribution >= 4 is 5.90 Å². The first-order valence-electron chi connectivity index (χ1n) is 20.5. The van der Waals surface area contributed by atoms with Crippen LogP contribution in [0.3, 0.4) is 0 Å². The van der Waals surface area contributed by atoms with Crippen molar-refractivity contribution in [2.75, 3.05) is 0 Å². The van der Waals surface area contributed by atoms with Gasteiger partial charge in [0.15, 0.2) is 0 Å². The number of rotatable bonds is 6. The van der Waals surface area contributed by atoms with Gasteiger partial charge in [0.2, 0.25) is 5.90 Å². The van der Waals surface area contributed by atoms with E-state index in [1.54, 1.807) is 32.1 Å². The SMILES string of the molecule is C(=CC1CCC(N(C2CCCCC2)C2CC3CCCCC3C3CCCCC32)CC1)C1=NC2CC(C3CCCCC3)CCC2O1. The van der Waals surface area contributed by atoms with Crippen LogP contribution in [0.2, 0.25) is 0 Å². The van der Waals surface area contributed by atoms with E-state index in [1.165, 1.54) is 135 Å². The fraction of sp³-hybridized carbons (Fsp3) is 0.927. The van der Waals surface area contributed by atoms with Crippen molar-refractivity contribution in [2.45, 2.75) is 197 Å². The van der Waals surface area contributed by atoms with Gasteiger partial charge in [0.25, 0.3) is 0 Å². The van der Waals surface area contributed by atoms with Gasteiger partial charge < -0.3 is 4.74 Å². The minimum absolute atomic E-state index is 0.372. The van der Waals surface area contributed by atoms with E-state index in [4.69, 9.17) is 9.73 Å². The summed E-state index contributed by atoms with van der Waals surface area (Å²) in [6.07, 6.45) is 43.4. The highest BCUT2D eigenvalue weighted by atomic mass is 16.5. The molecule has 44 heavy (non-hydrogen) atoms. The van der Waals surface area contributed by atoms with Crippen molar-refractivity contribution in [1.82, 2.24) is 4.90 Å². The Morgan fingerprint density at radius 2 is 1.16 bits per heavy atom. The number of aliphatic imine (C=N–C) groups is 1. The largest absolute Gasteiger partial charge is 0.472 e. The number of allylic oxidation sites excluding steroid dienone is 1. The molecule has 0 aromatic rings. The summed E-state index contributed by atoms with van der Waals surface area (Å²) < 4.78 is 6.46. The first-order valence-corrected chi connectivity index (χ1v) is 20.5. The minimum atomic E-state index is 0.372. The van der Waals surface area contributed by atoms with Crippen LogP contribution in [0.25, 0.3) is 0 Å². The Morgan fingerprint density at radius 3 is 1.95 bits per heavy atom. The van der Waals surface area contributed by atoms with Crippen molar-refractivity contribution < 1.29 is 4.74 Å². The fourth-order valence-corrected chi connectivity index (χ4v) is 13.0. The maximum atomic E-state index is 6.46. The molecular weight excluding hydrogens is 536 g/mol. The predicted octanol–water partition coefficient (Wildman–Crippen LogP) is 10.7. The predicted molar refractivity (Wildman–Crippen MR) is 183 cm³/mol. The standard InChI is InChI=1S/C41H66N2O/c1-3-11-30(12-4-1)31-22-25-40-38(27-31)42-41(44-40)26-21-29-19-23-34(24-20-29)43(33-14-5-2-6-15-33)39-28-32-13-7-8-16-35(32)36-17-9-10-18-37(36)39/h21,26,29-40H,1-20,22-25,27-28H2. The second-order valence-corrected chi connectivity index (χ2v) is 17.5. The van der Waals surface area contributed by atoms with Crippen LogP contribution in [0.5, 0.6) is 0 Å². The molecule has 0 aromatic carbocycles. The molecule has 0 bridgehead atoms. The molecule has 0 radical (unpaired) electrons. The van der Waals surface area contributed by atoms with E-state index in [9.17, 15) is 0 Å². The molecule has 7 saturated carbocycles. The lowest BCUT2D eigenvalue weighted by Gasteiger charge is -2.58. The number of ether oxygens (including phenoxy) is 1. The topological polar surface area (TPSA) is 24.8 Å². The van der Waals surface area contributed by atoms with Crippen molar-refractivity contribution in [3.63, 3.8) is 0 Å². The van der Waals surface area contributed by atoms with Crippen LogP contribution in [-0.4, -0.2) is 41.1 Å². The van der Waals surface area contributed by atoms with E-state index in [0.717, 1.165) is 65.4 Å². The molecule has 0 spiro atoms. The summed E-state index contributed by atoms with van der Waals surface area (Å²) in [6, 6.07) is 3.07. The van der Waals surface area contributed by atoms with Gasteiger partial charge in [0, 0.05) is 18.1 Å². The zero-order chi connectivity index (χ0) is 29.3. The van der Waals surface area contributed by atoms with Gasteiger partial charge >= 0.3 is 0 Å². The lowest BCUT2D eigenvalue weighted by atomic mass is 9.55. The van der Waals surface area contributed by atoms with Gasteiger partial charge in [-0.15, -0.1) is 0 Å². The highest BCUT2D eigenvalue weighted by molar-refractivity contribution is 5.89. The highest BCUT2D eigenvalue weighted by Gasteiger charge is 2.50. The van der Waals surface area contributed by atoms with E-state index in [1.807, 2.05) is 0 Å². The van der Waals surface area contributed by atoms with Crippen LogP contribution in [0, 0.1) is 41.4 Å². The van der Waals surface area contributed by atoms with Gasteiger partial charge in [-0.2, -0.15) is 0 Å². The van der Waals surface area contributed by atoms with Gasteiger partial charge in [-0.25, -0.2) is 4.99 Å². The maximum Gasteiger partial charge on any atom is 0.208 e. The van der Waals surface area contributed by atoms with Gasteiger partial charge in [-0.1, -0.05) is 89.5 Å². The Morgan fingerprint density at radius 1 is 0.523 bits per heavy atom. The molecule has 0 amide bonds. The normalized spacial score (nSPS) is 44.1. The Balaban J connectivity index is 0.909. The number of hydrogen-bond acceptors (Lipinski definition) is 3. The Hall–Kier alpha value is -0.830. The molecule has 1 aliphatic heterocycles. The molecule has 7 fully saturated rings. The van der Waals surface area contributed by atoms with Crippen LogP contribution in [0.1, 0.15) is 167 Å². The van der Waals surface area contributed by atoms with Crippen LogP contribution in [0.15, 0.2) is 17.1 Å². The first kappa shape index (κ1) is 30.5. The third-order valence-electron chi connectivity index (χ3n) is 15.2. The Kier molecular flexibility index (Phi) is 9.78. The highest BCUT2D eigenvalue weighted by Crippen LogP contribution is 2.54. The molecule has 8 aliphatic rings. The molecule has 8 atom stereocenters. The van der Waals surface area contributed by atoms with Crippen LogP contribution in [-0.2, 0) is 4.74 Å². The minimum Gasteiger partial charge on any atom is -0.472 e.